The summed E-state index contributed by atoms with van der Waals surface area (Å²) in [6.07, 6.45) is 0. The normalized spacial score (nSPS) is 11.7. The fourth-order valence-corrected chi connectivity index (χ4v) is 2.31. The van der Waals surface area contributed by atoms with Crippen LogP contribution in [0.3, 0.4) is 0 Å². The van der Waals surface area contributed by atoms with Crippen LogP contribution < -0.4 is 11.1 Å². The van der Waals surface area contributed by atoms with Gasteiger partial charge in [0.1, 0.15) is 0 Å². The van der Waals surface area contributed by atoms with Gasteiger partial charge >= 0.3 is 0 Å². The van der Waals surface area contributed by atoms with E-state index >= 15 is 0 Å². The first-order chi connectivity index (χ1) is 6.63. The van der Waals surface area contributed by atoms with E-state index in [-0.39, 0.29) is 18.3 Å². The van der Waals surface area contributed by atoms with Crippen molar-refractivity contribution in [1.82, 2.24) is 10.2 Å². The Labute approximate surface area is 103 Å². The summed E-state index contributed by atoms with van der Waals surface area (Å²) < 4.78 is 0.854. The molecule has 5 nitrogen and oxygen atoms in total. The van der Waals surface area contributed by atoms with Gasteiger partial charge in [0, 0.05) is 0 Å². The molecule has 0 aliphatic heterocycles. The van der Waals surface area contributed by atoms with Crippen molar-refractivity contribution in [1.29, 1.82) is 0 Å². The number of carbonyl (C=O) groups excluding carboxylic acids is 1. The van der Waals surface area contributed by atoms with Crippen molar-refractivity contribution in [2.24, 2.45) is 5.73 Å². The van der Waals surface area contributed by atoms with E-state index in [0.717, 1.165) is 10.1 Å². The quantitative estimate of drug-likeness (QED) is 0.637. The number of aromatic nitrogens is 2. The number of halogens is 1. The number of amides is 1. The zero-order valence-electron chi connectivity index (χ0n) is 8.39. The van der Waals surface area contributed by atoms with Gasteiger partial charge < -0.3 is 5.73 Å². The van der Waals surface area contributed by atoms with Gasteiger partial charge in [0.2, 0.25) is 11.0 Å². The van der Waals surface area contributed by atoms with Crippen molar-refractivity contribution in [2.75, 3.05) is 11.1 Å². The number of nitrogens with one attached hydrogen (secondary N) is 1. The summed E-state index contributed by atoms with van der Waals surface area (Å²) in [7, 11) is 0. The molecule has 0 radical (unpaired) electrons. The van der Waals surface area contributed by atoms with Gasteiger partial charge in [-0.2, -0.15) is 0 Å². The number of hydrogen-bond acceptors (Lipinski definition) is 6. The summed E-state index contributed by atoms with van der Waals surface area (Å²) in [6, 6.07) is -0.527. The highest BCUT2D eigenvalue weighted by Gasteiger charge is 2.10. The summed E-state index contributed by atoms with van der Waals surface area (Å²) >= 11 is 2.95. The molecule has 1 amide bonds. The van der Waals surface area contributed by atoms with Crippen LogP contribution in [0, 0.1) is 0 Å². The number of hydrogen-bond donors (Lipinski definition) is 2. The molecular formula is C7H13ClN4OS2. The van der Waals surface area contributed by atoms with Crippen molar-refractivity contribution in [2.45, 2.75) is 24.2 Å². The van der Waals surface area contributed by atoms with E-state index in [1.165, 1.54) is 11.3 Å². The number of anilines is 1. The van der Waals surface area contributed by atoms with Gasteiger partial charge in [0.15, 0.2) is 4.34 Å². The predicted molar refractivity (Wildman–Crippen MR) is 65.8 cm³/mol. The standard InChI is InChI=1S/C7H12N4OS2.ClH/c1-3-13-7-11-10-6(14-7)9-5(12)4(2)8;/h4H,3,8H2,1-2H3,(H,9,10,12);1H. The van der Waals surface area contributed by atoms with Crippen LogP contribution in [0.2, 0.25) is 0 Å². The lowest BCUT2D eigenvalue weighted by Gasteiger charge is -2.02. The molecule has 86 valence electrons. The van der Waals surface area contributed by atoms with Crippen LogP contribution in [0.5, 0.6) is 0 Å². The first-order valence-electron chi connectivity index (χ1n) is 4.16. The maximum absolute atomic E-state index is 11.2. The minimum atomic E-state index is -0.527. The van der Waals surface area contributed by atoms with Crippen LogP contribution in [0.25, 0.3) is 0 Å². The zero-order chi connectivity index (χ0) is 10.6. The van der Waals surface area contributed by atoms with Crippen molar-refractivity contribution in [3.8, 4) is 0 Å². The third kappa shape index (κ3) is 4.78. The number of carbonyl (C=O) groups is 1. The average Bonchev–Trinajstić information content (AvgIpc) is 2.53. The highest BCUT2D eigenvalue weighted by Crippen LogP contribution is 2.24. The maximum atomic E-state index is 11.2. The van der Waals surface area contributed by atoms with Gasteiger partial charge in [-0.3, -0.25) is 10.1 Å². The zero-order valence-corrected chi connectivity index (χ0v) is 10.8. The smallest absolute Gasteiger partial charge is 0.242 e. The fraction of sp³-hybridized carbons (Fsp3) is 0.571. The van der Waals surface area contributed by atoms with Crippen molar-refractivity contribution < 1.29 is 4.79 Å². The summed E-state index contributed by atoms with van der Waals surface area (Å²) in [5.74, 6) is 0.699. The molecule has 0 fully saturated rings. The van der Waals surface area contributed by atoms with E-state index < -0.39 is 6.04 Å². The topological polar surface area (TPSA) is 80.9 Å². The summed E-state index contributed by atoms with van der Waals surface area (Å²) in [6.45, 7) is 3.66. The summed E-state index contributed by atoms with van der Waals surface area (Å²) in [4.78, 5) is 11.2. The monoisotopic (exact) mass is 268 g/mol. The third-order valence-corrected chi connectivity index (χ3v) is 3.17. The Morgan fingerprint density at radius 3 is 2.87 bits per heavy atom. The Morgan fingerprint density at radius 2 is 2.33 bits per heavy atom. The van der Waals surface area contributed by atoms with Crippen LogP contribution in [0.1, 0.15) is 13.8 Å². The molecule has 3 N–H and O–H groups in total. The Balaban J connectivity index is 0.00000196. The Bertz CT molecular complexity index is 318. The molecule has 1 unspecified atom stereocenters. The van der Waals surface area contributed by atoms with Gasteiger partial charge in [-0.25, -0.2) is 0 Å². The number of rotatable bonds is 4. The SMILES string of the molecule is CCSc1nnc(NC(=O)C(C)N)s1.Cl. The van der Waals surface area contributed by atoms with Crippen LogP contribution >= 0.6 is 35.5 Å². The molecule has 0 spiro atoms. The number of nitrogens with two attached hydrogens (primary N) is 1. The largest absolute Gasteiger partial charge is 0.320 e. The maximum Gasteiger partial charge on any atom is 0.242 e. The predicted octanol–water partition coefficient (Wildman–Crippen LogP) is 1.36. The fourth-order valence-electron chi connectivity index (χ4n) is 0.661. The minimum Gasteiger partial charge on any atom is -0.320 e. The molecule has 0 bridgehead atoms. The van der Waals surface area contributed by atoms with Crippen LogP contribution in [0.15, 0.2) is 4.34 Å². The lowest BCUT2D eigenvalue weighted by atomic mass is 10.3. The van der Waals surface area contributed by atoms with Gasteiger partial charge in [-0.15, -0.1) is 22.6 Å². The molecule has 0 aromatic carbocycles. The third-order valence-electron chi connectivity index (χ3n) is 1.32. The van der Waals surface area contributed by atoms with E-state index in [9.17, 15) is 4.79 Å². The molecule has 1 atom stereocenters. The Morgan fingerprint density at radius 1 is 1.67 bits per heavy atom. The van der Waals surface area contributed by atoms with Gasteiger partial charge in [0.05, 0.1) is 6.04 Å². The summed E-state index contributed by atoms with van der Waals surface area (Å²) in [5, 5.41) is 10.8. The Kier molecular flexibility index (Phi) is 6.82. The van der Waals surface area contributed by atoms with Crippen molar-refractivity contribution in [3.05, 3.63) is 0 Å². The van der Waals surface area contributed by atoms with Crippen molar-refractivity contribution in [3.63, 3.8) is 0 Å². The molecule has 1 aromatic heterocycles. The molecular weight excluding hydrogens is 256 g/mol. The lowest BCUT2D eigenvalue weighted by molar-refractivity contribution is -0.117. The second-order valence-corrected chi connectivity index (χ2v) is 5.07. The summed E-state index contributed by atoms with van der Waals surface area (Å²) in [5.41, 5.74) is 5.39. The lowest BCUT2D eigenvalue weighted by Crippen LogP contribution is -2.32. The number of nitrogens with zero attached hydrogens (tertiary/aromatic N) is 2. The highest BCUT2D eigenvalue weighted by atomic mass is 35.5. The van der Waals surface area contributed by atoms with Crippen LogP contribution in [-0.2, 0) is 4.79 Å². The van der Waals surface area contributed by atoms with Gasteiger partial charge in [-0.1, -0.05) is 30.0 Å². The molecule has 0 aliphatic rings. The van der Waals surface area contributed by atoms with Crippen LogP contribution in [-0.4, -0.2) is 27.9 Å². The van der Waals surface area contributed by atoms with E-state index in [0.29, 0.717) is 5.13 Å². The van der Waals surface area contributed by atoms with E-state index in [1.54, 1.807) is 18.7 Å². The molecule has 15 heavy (non-hydrogen) atoms. The van der Waals surface area contributed by atoms with Crippen molar-refractivity contribution >= 4 is 46.5 Å². The van der Waals surface area contributed by atoms with Crippen LogP contribution in [0.4, 0.5) is 5.13 Å². The molecule has 8 heteroatoms. The Hall–Kier alpha value is -0.370. The van der Waals surface area contributed by atoms with E-state index in [2.05, 4.69) is 15.5 Å². The minimum absolute atomic E-state index is 0. The molecule has 0 saturated heterocycles. The molecule has 1 rings (SSSR count). The second kappa shape index (κ2) is 7.00. The van der Waals surface area contributed by atoms with E-state index in [4.69, 9.17) is 5.73 Å². The molecule has 1 aromatic rings. The molecule has 1 heterocycles. The van der Waals surface area contributed by atoms with Gasteiger partial charge in [0.25, 0.3) is 0 Å². The molecule has 0 aliphatic carbocycles. The highest BCUT2D eigenvalue weighted by molar-refractivity contribution is 8.01. The van der Waals surface area contributed by atoms with E-state index in [1.807, 2.05) is 6.92 Å². The number of thioether (sulfide) groups is 1. The first-order valence-corrected chi connectivity index (χ1v) is 5.96. The average molecular weight is 269 g/mol. The molecule has 0 saturated carbocycles. The first kappa shape index (κ1) is 14.6. The van der Waals surface area contributed by atoms with Gasteiger partial charge in [-0.05, 0) is 12.7 Å². The second-order valence-electron chi connectivity index (χ2n) is 2.58.